The average Bonchev–Trinajstić information content (AvgIpc) is 2.21. The first-order chi connectivity index (χ1) is 7.88. The van der Waals surface area contributed by atoms with E-state index in [0.29, 0.717) is 4.47 Å². The van der Waals surface area contributed by atoms with Gasteiger partial charge in [-0.25, -0.2) is 4.39 Å². The van der Waals surface area contributed by atoms with Crippen molar-refractivity contribution in [3.8, 4) is 5.75 Å². The van der Waals surface area contributed by atoms with Crippen LogP contribution < -0.4 is 4.74 Å². The van der Waals surface area contributed by atoms with E-state index in [1.807, 2.05) is 0 Å². The predicted octanol–water partition coefficient (Wildman–Crippen LogP) is 3.55. The van der Waals surface area contributed by atoms with Crippen LogP contribution in [0, 0.1) is 5.82 Å². The molecule has 7 heteroatoms. The van der Waals surface area contributed by atoms with Crippen LogP contribution in [-0.2, 0) is 4.74 Å². The molecule has 0 aliphatic carbocycles. The van der Waals surface area contributed by atoms with E-state index in [9.17, 15) is 17.6 Å². The van der Waals surface area contributed by atoms with Crippen LogP contribution in [0.1, 0.15) is 0 Å². The summed E-state index contributed by atoms with van der Waals surface area (Å²) in [6.45, 7) is -1.62. The van der Waals surface area contributed by atoms with Gasteiger partial charge in [-0.3, -0.25) is 0 Å². The van der Waals surface area contributed by atoms with Crippen LogP contribution in [0.15, 0.2) is 22.7 Å². The molecule has 1 rings (SSSR count). The van der Waals surface area contributed by atoms with E-state index in [1.54, 1.807) is 0 Å². The first-order valence-corrected chi connectivity index (χ1v) is 5.40. The lowest BCUT2D eigenvalue weighted by atomic mass is 10.3. The molecule has 1 aromatic rings. The Morgan fingerprint density at radius 1 is 1.18 bits per heavy atom. The zero-order valence-corrected chi connectivity index (χ0v) is 10.1. The molecule has 0 bridgehead atoms. The van der Waals surface area contributed by atoms with Crippen molar-refractivity contribution >= 4 is 15.9 Å². The largest absolute Gasteiger partial charge is 0.490 e. The van der Waals surface area contributed by atoms with Crippen molar-refractivity contribution in [2.24, 2.45) is 0 Å². The Balaban J connectivity index is 2.29. The second-order valence-corrected chi connectivity index (χ2v) is 3.95. The highest BCUT2D eigenvalue weighted by molar-refractivity contribution is 9.10. The van der Waals surface area contributed by atoms with Crippen molar-refractivity contribution in [2.75, 3.05) is 19.8 Å². The maximum absolute atomic E-state index is 12.8. The van der Waals surface area contributed by atoms with Gasteiger partial charge in [0.2, 0.25) is 0 Å². The van der Waals surface area contributed by atoms with Crippen LogP contribution in [0.4, 0.5) is 17.6 Å². The van der Waals surface area contributed by atoms with Crippen LogP contribution in [-0.4, -0.2) is 26.0 Å². The lowest BCUT2D eigenvalue weighted by Gasteiger charge is -2.10. The molecule has 0 aliphatic rings. The van der Waals surface area contributed by atoms with Gasteiger partial charge >= 0.3 is 6.18 Å². The van der Waals surface area contributed by atoms with E-state index in [4.69, 9.17) is 4.74 Å². The molecular formula is C10H9BrF4O2. The van der Waals surface area contributed by atoms with Crippen LogP contribution in [0.5, 0.6) is 5.75 Å². The van der Waals surface area contributed by atoms with Crippen molar-refractivity contribution in [3.63, 3.8) is 0 Å². The zero-order chi connectivity index (χ0) is 12.9. The fourth-order valence-electron chi connectivity index (χ4n) is 0.986. The lowest BCUT2D eigenvalue weighted by molar-refractivity contribution is -0.175. The summed E-state index contributed by atoms with van der Waals surface area (Å²) in [5.74, 6) is -0.264. The number of halogens is 5. The van der Waals surface area contributed by atoms with Crippen LogP contribution >= 0.6 is 15.9 Å². The summed E-state index contributed by atoms with van der Waals surface area (Å²) in [7, 11) is 0. The summed E-state index contributed by atoms with van der Waals surface area (Å²) in [5, 5.41) is 0. The Morgan fingerprint density at radius 2 is 1.88 bits per heavy atom. The third kappa shape index (κ3) is 5.88. The van der Waals surface area contributed by atoms with E-state index in [0.717, 1.165) is 6.07 Å². The molecule has 0 N–H and O–H groups in total. The number of benzene rings is 1. The number of alkyl halides is 3. The highest BCUT2D eigenvalue weighted by Gasteiger charge is 2.27. The Morgan fingerprint density at radius 3 is 2.53 bits per heavy atom. The van der Waals surface area contributed by atoms with Crippen molar-refractivity contribution in [3.05, 3.63) is 28.5 Å². The monoisotopic (exact) mass is 316 g/mol. The van der Waals surface area contributed by atoms with Gasteiger partial charge in [0.05, 0.1) is 11.1 Å². The smallest absolute Gasteiger partial charge is 0.411 e. The normalized spacial score (nSPS) is 11.6. The minimum Gasteiger partial charge on any atom is -0.490 e. The second kappa shape index (κ2) is 6.20. The fourth-order valence-corrected chi connectivity index (χ4v) is 1.35. The van der Waals surface area contributed by atoms with E-state index in [2.05, 4.69) is 20.7 Å². The Kier molecular flexibility index (Phi) is 5.20. The summed E-state index contributed by atoms with van der Waals surface area (Å²) in [4.78, 5) is 0. The van der Waals surface area contributed by atoms with Gasteiger partial charge in [-0.2, -0.15) is 13.2 Å². The minimum atomic E-state index is -4.35. The van der Waals surface area contributed by atoms with Crippen LogP contribution in [0.25, 0.3) is 0 Å². The Bertz CT molecular complexity index is 368. The number of rotatable bonds is 5. The molecule has 0 atom stereocenters. The number of hydrogen-bond acceptors (Lipinski definition) is 2. The van der Waals surface area contributed by atoms with Crippen molar-refractivity contribution in [1.82, 2.24) is 0 Å². The Hall–Kier alpha value is -0.820. The Labute approximate surface area is 104 Å². The molecule has 17 heavy (non-hydrogen) atoms. The lowest BCUT2D eigenvalue weighted by Crippen LogP contribution is -2.19. The topological polar surface area (TPSA) is 18.5 Å². The van der Waals surface area contributed by atoms with Gasteiger partial charge < -0.3 is 9.47 Å². The van der Waals surface area contributed by atoms with Gasteiger partial charge in [-0.1, -0.05) is 0 Å². The highest BCUT2D eigenvalue weighted by Crippen LogP contribution is 2.25. The first-order valence-electron chi connectivity index (χ1n) is 4.61. The minimum absolute atomic E-state index is 0.0852. The molecule has 0 unspecified atom stereocenters. The van der Waals surface area contributed by atoms with Gasteiger partial charge in [-0.05, 0) is 28.1 Å². The maximum atomic E-state index is 12.8. The first kappa shape index (κ1) is 14.2. The standard InChI is InChI=1S/C10H9BrF4O2/c11-8-2-1-7(12)5-9(8)17-4-3-16-6-10(13,14)15/h1-2,5H,3-4,6H2. The molecule has 0 radical (unpaired) electrons. The summed E-state index contributed by atoms with van der Waals surface area (Å²) >= 11 is 3.12. The van der Waals surface area contributed by atoms with Crippen LogP contribution in [0.2, 0.25) is 0 Å². The van der Waals surface area contributed by atoms with Gasteiger partial charge in [0.25, 0.3) is 0 Å². The summed E-state index contributed by atoms with van der Waals surface area (Å²) in [6.07, 6.45) is -4.35. The van der Waals surface area contributed by atoms with E-state index >= 15 is 0 Å². The number of hydrogen-bond donors (Lipinski definition) is 0. The molecule has 0 spiro atoms. The molecule has 0 amide bonds. The third-order valence-electron chi connectivity index (χ3n) is 1.64. The molecule has 0 saturated carbocycles. The zero-order valence-electron chi connectivity index (χ0n) is 8.56. The van der Waals surface area contributed by atoms with Gasteiger partial charge in [0.15, 0.2) is 0 Å². The van der Waals surface area contributed by atoms with Gasteiger partial charge in [0.1, 0.15) is 24.8 Å². The molecule has 0 saturated heterocycles. The SMILES string of the molecule is Fc1ccc(Br)c(OCCOCC(F)(F)F)c1. The van der Waals surface area contributed by atoms with E-state index < -0.39 is 18.6 Å². The fraction of sp³-hybridized carbons (Fsp3) is 0.400. The third-order valence-corrected chi connectivity index (χ3v) is 2.30. The van der Waals surface area contributed by atoms with E-state index in [-0.39, 0.29) is 19.0 Å². The van der Waals surface area contributed by atoms with Crippen LogP contribution in [0.3, 0.4) is 0 Å². The molecule has 1 aromatic carbocycles. The van der Waals surface area contributed by atoms with Crippen molar-refractivity contribution in [2.45, 2.75) is 6.18 Å². The van der Waals surface area contributed by atoms with Crippen molar-refractivity contribution < 1.29 is 27.0 Å². The summed E-state index contributed by atoms with van der Waals surface area (Å²) < 4.78 is 57.8. The number of ether oxygens (including phenoxy) is 2. The molecule has 2 nitrogen and oxygen atoms in total. The molecule has 0 aromatic heterocycles. The second-order valence-electron chi connectivity index (χ2n) is 3.09. The molecule has 96 valence electrons. The summed E-state index contributed by atoms with van der Waals surface area (Å²) in [5.41, 5.74) is 0. The summed E-state index contributed by atoms with van der Waals surface area (Å²) in [6, 6.07) is 3.81. The molecule has 0 aliphatic heterocycles. The van der Waals surface area contributed by atoms with E-state index in [1.165, 1.54) is 12.1 Å². The van der Waals surface area contributed by atoms with Crippen molar-refractivity contribution in [1.29, 1.82) is 0 Å². The molecular weight excluding hydrogens is 308 g/mol. The quantitative estimate of drug-likeness (QED) is 0.611. The molecule has 0 heterocycles. The highest BCUT2D eigenvalue weighted by atomic mass is 79.9. The predicted molar refractivity (Wildman–Crippen MR) is 56.5 cm³/mol. The average molecular weight is 317 g/mol. The molecule has 0 fully saturated rings. The maximum Gasteiger partial charge on any atom is 0.411 e. The van der Waals surface area contributed by atoms with Gasteiger partial charge in [0, 0.05) is 6.07 Å². The van der Waals surface area contributed by atoms with Gasteiger partial charge in [-0.15, -0.1) is 0 Å².